The molecule has 0 heterocycles. The average molecular weight is 378 g/mol. The lowest BCUT2D eigenvalue weighted by Gasteiger charge is -2.09. The van der Waals surface area contributed by atoms with Gasteiger partial charge in [0.15, 0.2) is 0 Å². The Morgan fingerprint density at radius 2 is 1.05 bits per heavy atom. The van der Waals surface area contributed by atoms with Crippen LogP contribution in [0.25, 0.3) is 0 Å². The predicted molar refractivity (Wildman–Crippen MR) is 96.3 cm³/mol. The van der Waals surface area contributed by atoms with Crippen LogP contribution in [0.3, 0.4) is 0 Å². The summed E-state index contributed by atoms with van der Waals surface area (Å²) in [5.74, 6) is 0. The third kappa shape index (κ3) is 5.62. The van der Waals surface area contributed by atoms with Crippen molar-refractivity contribution < 1.29 is 0 Å². The van der Waals surface area contributed by atoms with E-state index in [1.165, 1.54) is 0 Å². The minimum Gasteiger partial charge on any atom is -0.311 e. The van der Waals surface area contributed by atoms with Crippen LogP contribution in [0.4, 0.5) is 0 Å². The molecule has 0 spiro atoms. The van der Waals surface area contributed by atoms with E-state index in [-0.39, 0.29) is 0 Å². The molecule has 6 heteroatoms. The third-order valence-corrected chi connectivity index (χ3v) is 4.31. The fourth-order valence-electron chi connectivity index (χ4n) is 1.95. The van der Waals surface area contributed by atoms with Crippen molar-refractivity contribution in [2.45, 2.75) is 13.1 Å². The van der Waals surface area contributed by atoms with Gasteiger partial charge in [0.2, 0.25) is 0 Å². The Hall–Kier alpha value is -0.480. The van der Waals surface area contributed by atoms with Gasteiger partial charge < -0.3 is 10.6 Å². The topological polar surface area (TPSA) is 24.1 Å². The molecular weight excluding hydrogens is 362 g/mol. The van der Waals surface area contributed by atoms with Crippen LogP contribution in [0.15, 0.2) is 36.4 Å². The van der Waals surface area contributed by atoms with E-state index in [0.717, 1.165) is 24.2 Å². The van der Waals surface area contributed by atoms with E-state index in [9.17, 15) is 0 Å². The molecule has 2 aromatic rings. The summed E-state index contributed by atoms with van der Waals surface area (Å²) in [5, 5.41) is 9.32. The summed E-state index contributed by atoms with van der Waals surface area (Å²) in [7, 11) is 0. The van der Waals surface area contributed by atoms with Crippen molar-refractivity contribution in [1.82, 2.24) is 10.6 Å². The highest BCUT2D eigenvalue weighted by Crippen LogP contribution is 2.21. The van der Waals surface area contributed by atoms with Crippen molar-refractivity contribution >= 4 is 46.4 Å². The van der Waals surface area contributed by atoms with Crippen molar-refractivity contribution in [2.75, 3.05) is 13.1 Å². The lowest BCUT2D eigenvalue weighted by molar-refractivity contribution is 0.611. The first-order valence-electron chi connectivity index (χ1n) is 6.85. The van der Waals surface area contributed by atoms with Crippen LogP contribution in [-0.2, 0) is 13.1 Å². The van der Waals surface area contributed by atoms with Crippen LogP contribution in [0.1, 0.15) is 11.1 Å². The second kappa shape index (κ2) is 8.97. The first kappa shape index (κ1) is 17.9. The summed E-state index contributed by atoms with van der Waals surface area (Å²) in [5.41, 5.74) is 2.07. The summed E-state index contributed by atoms with van der Waals surface area (Å²) in [6.45, 7) is 3.06. The van der Waals surface area contributed by atoms with Crippen LogP contribution in [0.5, 0.6) is 0 Å². The van der Waals surface area contributed by atoms with Gasteiger partial charge in [0.05, 0.1) is 0 Å². The molecule has 2 rings (SSSR count). The van der Waals surface area contributed by atoms with Crippen LogP contribution in [0, 0.1) is 0 Å². The molecule has 2 aromatic carbocycles. The van der Waals surface area contributed by atoms with Crippen LogP contribution < -0.4 is 10.6 Å². The van der Waals surface area contributed by atoms with E-state index in [2.05, 4.69) is 10.6 Å². The predicted octanol–water partition coefficient (Wildman–Crippen LogP) is 5.18. The first-order valence-corrected chi connectivity index (χ1v) is 8.37. The largest absolute Gasteiger partial charge is 0.311 e. The molecule has 0 fully saturated rings. The molecule has 0 saturated carbocycles. The minimum absolute atomic E-state index is 0.648. The van der Waals surface area contributed by atoms with Crippen molar-refractivity contribution in [3.05, 3.63) is 67.6 Å². The number of hydrogen-bond donors (Lipinski definition) is 2. The minimum atomic E-state index is 0.648. The maximum absolute atomic E-state index is 6.11. The molecule has 0 radical (unpaired) electrons. The standard InChI is InChI=1S/C16H16Cl4N2/c17-13-3-1-11(15(19)7-13)9-21-5-6-22-10-12-2-4-14(18)8-16(12)20/h1-4,7-8,21-22H,5-6,9-10H2. The Kier molecular flexibility index (Phi) is 7.29. The van der Waals surface area contributed by atoms with Gasteiger partial charge >= 0.3 is 0 Å². The summed E-state index contributed by atoms with van der Waals surface area (Å²) in [6.07, 6.45) is 0. The molecule has 0 atom stereocenters. The fraction of sp³-hybridized carbons (Fsp3) is 0.250. The van der Waals surface area contributed by atoms with E-state index in [4.69, 9.17) is 46.4 Å². The monoisotopic (exact) mass is 376 g/mol. The fourth-order valence-corrected chi connectivity index (χ4v) is 2.90. The first-order chi connectivity index (χ1) is 10.6. The zero-order chi connectivity index (χ0) is 15.9. The highest BCUT2D eigenvalue weighted by molar-refractivity contribution is 6.35. The highest BCUT2D eigenvalue weighted by Gasteiger charge is 2.02. The van der Waals surface area contributed by atoms with E-state index in [0.29, 0.717) is 33.2 Å². The second-order valence-corrected chi connectivity index (χ2v) is 6.51. The molecular formula is C16H16Cl4N2. The summed E-state index contributed by atoms with van der Waals surface area (Å²) in [4.78, 5) is 0. The molecule has 0 aliphatic rings. The smallest absolute Gasteiger partial charge is 0.0465 e. The number of hydrogen-bond acceptors (Lipinski definition) is 2. The van der Waals surface area contributed by atoms with Gasteiger partial charge in [-0.1, -0.05) is 58.5 Å². The SMILES string of the molecule is Clc1ccc(CNCCNCc2ccc(Cl)cc2Cl)c(Cl)c1. The van der Waals surface area contributed by atoms with Gasteiger partial charge in [-0.25, -0.2) is 0 Å². The van der Waals surface area contributed by atoms with Gasteiger partial charge in [-0.2, -0.15) is 0 Å². The third-order valence-electron chi connectivity index (χ3n) is 3.14. The number of rotatable bonds is 7. The Bertz CT molecular complexity index is 576. The Labute approximate surface area is 150 Å². The van der Waals surface area contributed by atoms with Crippen LogP contribution in [-0.4, -0.2) is 13.1 Å². The molecule has 0 unspecified atom stereocenters. The van der Waals surface area contributed by atoms with Crippen LogP contribution >= 0.6 is 46.4 Å². The van der Waals surface area contributed by atoms with Gasteiger partial charge in [-0.15, -0.1) is 0 Å². The summed E-state index contributed by atoms with van der Waals surface area (Å²) < 4.78 is 0. The molecule has 0 saturated heterocycles. The van der Waals surface area contributed by atoms with Gasteiger partial charge in [0.1, 0.15) is 0 Å². The van der Waals surface area contributed by atoms with Crippen molar-refractivity contribution in [3.8, 4) is 0 Å². The van der Waals surface area contributed by atoms with Gasteiger partial charge in [0.25, 0.3) is 0 Å². The Morgan fingerprint density at radius 1 is 0.636 bits per heavy atom. The number of halogens is 4. The van der Waals surface area contributed by atoms with Crippen molar-refractivity contribution in [1.29, 1.82) is 0 Å². The van der Waals surface area contributed by atoms with Gasteiger partial charge in [-0.3, -0.25) is 0 Å². The molecule has 2 N–H and O–H groups in total. The number of benzene rings is 2. The molecule has 0 aliphatic carbocycles. The second-order valence-electron chi connectivity index (χ2n) is 4.83. The van der Waals surface area contributed by atoms with Crippen molar-refractivity contribution in [3.63, 3.8) is 0 Å². The molecule has 0 amide bonds. The normalized spacial score (nSPS) is 10.9. The Balaban J connectivity index is 1.67. The highest BCUT2D eigenvalue weighted by atomic mass is 35.5. The summed E-state index contributed by atoms with van der Waals surface area (Å²) in [6, 6.07) is 11.0. The maximum Gasteiger partial charge on any atom is 0.0465 e. The van der Waals surface area contributed by atoms with Gasteiger partial charge in [0, 0.05) is 46.3 Å². The van der Waals surface area contributed by atoms with E-state index >= 15 is 0 Å². The van der Waals surface area contributed by atoms with Crippen molar-refractivity contribution in [2.24, 2.45) is 0 Å². The molecule has 0 aromatic heterocycles. The molecule has 0 bridgehead atoms. The molecule has 0 aliphatic heterocycles. The number of nitrogens with one attached hydrogen (secondary N) is 2. The molecule has 22 heavy (non-hydrogen) atoms. The van der Waals surface area contributed by atoms with E-state index in [1.54, 1.807) is 12.1 Å². The lowest BCUT2D eigenvalue weighted by Crippen LogP contribution is -2.26. The maximum atomic E-state index is 6.11. The average Bonchev–Trinajstić information content (AvgIpc) is 2.46. The van der Waals surface area contributed by atoms with Gasteiger partial charge in [-0.05, 0) is 35.4 Å². The van der Waals surface area contributed by atoms with E-state index < -0.39 is 0 Å². The van der Waals surface area contributed by atoms with E-state index in [1.807, 2.05) is 24.3 Å². The van der Waals surface area contributed by atoms with Crippen LogP contribution in [0.2, 0.25) is 20.1 Å². The Morgan fingerprint density at radius 3 is 1.41 bits per heavy atom. The molecule has 118 valence electrons. The quantitative estimate of drug-likeness (QED) is 0.649. The zero-order valence-corrected chi connectivity index (χ0v) is 14.8. The zero-order valence-electron chi connectivity index (χ0n) is 11.8. The summed E-state index contributed by atoms with van der Waals surface area (Å²) >= 11 is 24.0. The molecule has 2 nitrogen and oxygen atoms in total. The lowest BCUT2D eigenvalue weighted by atomic mass is 10.2.